The fraction of sp³-hybridized carbons (Fsp3) is 0.667. The number of nitrogens with two attached hydrogens (primary N) is 1. The molecule has 0 saturated carbocycles. The van der Waals surface area contributed by atoms with Gasteiger partial charge in [0.1, 0.15) is 5.82 Å². The molecule has 0 aromatic carbocycles. The van der Waals surface area contributed by atoms with Gasteiger partial charge in [0.25, 0.3) is 0 Å². The highest BCUT2D eigenvalue weighted by atomic mass is 32.2. The summed E-state index contributed by atoms with van der Waals surface area (Å²) in [7, 11) is -2.91. The van der Waals surface area contributed by atoms with Gasteiger partial charge in [-0.15, -0.1) is 0 Å². The number of aromatic nitrogens is 2. The molecular weight excluding hydrogens is 214 g/mol. The van der Waals surface area contributed by atoms with Gasteiger partial charge in [-0.05, 0) is 0 Å². The molecular formula is C9H13N3O2S. The van der Waals surface area contributed by atoms with E-state index in [1.165, 1.54) is 0 Å². The maximum absolute atomic E-state index is 11.5. The van der Waals surface area contributed by atoms with Crippen LogP contribution in [0.15, 0.2) is 0 Å². The minimum Gasteiger partial charge on any atom is -0.329 e. The number of imidazole rings is 1. The van der Waals surface area contributed by atoms with E-state index < -0.39 is 9.84 Å². The lowest BCUT2D eigenvalue weighted by molar-refractivity contribution is 0.581. The van der Waals surface area contributed by atoms with Gasteiger partial charge in [0.05, 0.1) is 22.9 Å². The first-order chi connectivity index (χ1) is 7.05. The number of hydrogen-bond acceptors (Lipinski definition) is 4. The SMILES string of the molecule is NC1Cc2nc3c(n2C1)CS(=O)(=O)CC3. The van der Waals surface area contributed by atoms with E-state index in [4.69, 9.17) is 5.73 Å². The summed E-state index contributed by atoms with van der Waals surface area (Å²) in [4.78, 5) is 4.47. The Morgan fingerprint density at radius 3 is 3.07 bits per heavy atom. The van der Waals surface area contributed by atoms with Gasteiger partial charge in [-0.2, -0.15) is 0 Å². The largest absolute Gasteiger partial charge is 0.329 e. The molecule has 1 aromatic rings. The molecule has 15 heavy (non-hydrogen) atoms. The number of hydrogen-bond donors (Lipinski definition) is 1. The van der Waals surface area contributed by atoms with Gasteiger partial charge in [0, 0.05) is 25.4 Å². The zero-order chi connectivity index (χ0) is 10.6. The summed E-state index contributed by atoms with van der Waals surface area (Å²) in [5.74, 6) is 1.34. The summed E-state index contributed by atoms with van der Waals surface area (Å²) in [6.07, 6.45) is 1.33. The van der Waals surface area contributed by atoms with Crippen molar-refractivity contribution in [3.63, 3.8) is 0 Å². The third-order valence-corrected chi connectivity index (χ3v) is 4.64. The van der Waals surface area contributed by atoms with E-state index in [-0.39, 0.29) is 17.5 Å². The molecule has 2 N–H and O–H groups in total. The first-order valence-electron chi connectivity index (χ1n) is 5.08. The maximum atomic E-state index is 11.5. The molecule has 0 radical (unpaired) electrons. The van der Waals surface area contributed by atoms with Gasteiger partial charge in [0.2, 0.25) is 0 Å². The highest BCUT2D eigenvalue weighted by Gasteiger charge is 2.31. The van der Waals surface area contributed by atoms with E-state index in [1.54, 1.807) is 0 Å². The zero-order valence-electron chi connectivity index (χ0n) is 8.31. The Kier molecular flexibility index (Phi) is 1.76. The third kappa shape index (κ3) is 1.39. The van der Waals surface area contributed by atoms with Crippen LogP contribution in [-0.2, 0) is 35.0 Å². The summed E-state index contributed by atoms with van der Waals surface area (Å²) in [6, 6.07) is 0.0995. The fourth-order valence-corrected chi connectivity index (χ4v) is 3.78. The number of aryl methyl sites for hydroxylation is 1. The number of rotatable bonds is 0. The summed E-state index contributed by atoms with van der Waals surface area (Å²) >= 11 is 0. The van der Waals surface area contributed by atoms with E-state index in [0.29, 0.717) is 13.0 Å². The van der Waals surface area contributed by atoms with E-state index in [9.17, 15) is 8.42 Å². The highest BCUT2D eigenvalue weighted by Crippen LogP contribution is 2.25. The molecule has 0 aliphatic carbocycles. The van der Waals surface area contributed by atoms with Gasteiger partial charge in [0.15, 0.2) is 9.84 Å². The van der Waals surface area contributed by atoms with E-state index in [2.05, 4.69) is 4.98 Å². The van der Waals surface area contributed by atoms with Gasteiger partial charge in [-0.1, -0.05) is 0 Å². The molecule has 5 nitrogen and oxygen atoms in total. The molecule has 0 spiro atoms. The number of nitrogens with zero attached hydrogens (tertiary/aromatic N) is 2. The van der Waals surface area contributed by atoms with Crippen LogP contribution in [0.4, 0.5) is 0 Å². The lowest BCUT2D eigenvalue weighted by Crippen LogP contribution is -2.25. The molecule has 2 aliphatic rings. The normalized spacial score (nSPS) is 27.4. The average Bonchev–Trinajstić information content (AvgIpc) is 2.61. The van der Waals surface area contributed by atoms with E-state index in [0.717, 1.165) is 23.6 Å². The molecule has 2 aliphatic heterocycles. The molecule has 0 bridgehead atoms. The Bertz CT molecular complexity index is 518. The number of sulfone groups is 1. The molecule has 1 aromatic heterocycles. The molecule has 0 fully saturated rings. The van der Waals surface area contributed by atoms with Crippen LogP contribution >= 0.6 is 0 Å². The van der Waals surface area contributed by atoms with Crippen LogP contribution < -0.4 is 5.73 Å². The van der Waals surface area contributed by atoms with Crippen molar-refractivity contribution in [2.24, 2.45) is 5.73 Å². The Morgan fingerprint density at radius 2 is 2.27 bits per heavy atom. The van der Waals surface area contributed by atoms with Crippen LogP contribution in [0, 0.1) is 0 Å². The monoisotopic (exact) mass is 227 g/mol. The predicted octanol–water partition coefficient (Wildman–Crippen LogP) is -0.763. The second-order valence-electron chi connectivity index (χ2n) is 4.34. The van der Waals surface area contributed by atoms with Crippen molar-refractivity contribution < 1.29 is 8.42 Å². The molecule has 82 valence electrons. The lowest BCUT2D eigenvalue weighted by atomic mass is 10.2. The second kappa shape index (κ2) is 2.82. The van der Waals surface area contributed by atoms with Gasteiger partial charge in [-0.3, -0.25) is 0 Å². The molecule has 6 heteroatoms. The van der Waals surface area contributed by atoms with Gasteiger partial charge in [-0.25, -0.2) is 13.4 Å². The van der Waals surface area contributed by atoms with Crippen molar-refractivity contribution in [1.82, 2.24) is 9.55 Å². The van der Waals surface area contributed by atoms with Crippen molar-refractivity contribution in [3.8, 4) is 0 Å². The molecule has 3 rings (SSSR count). The first kappa shape index (κ1) is 9.35. The molecule has 3 heterocycles. The Labute approximate surface area is 88.2 Å². The van der Waals surface area contributed by atoms with Crippen LogP contribution in [0.1, 0.15) is 17.2 Å². The Hall–Kier alpha value is -0.880. The van der Waals surface area contributed by atoms with Gasteiger partial charge >= 0.3 is 0 Å². The molecule has 1 unspecified atom stereocenters. The van der Waals surface area contributed by atoms with Crippen molar-refractivity contribution in [2.75, 3.05) is 5.75 Å². The van der Waals surface area contributed by atoms with E-state index in [1.807, 2.05) is 4.57 Å². The van der Waals surface area contributed by atoms with Crippen molar-refractivity contribution in [2.45, 2.75) is 31.2 Å². The Morgan fingerprint density at radius 1 is 1.47 bits per heavy atom. The fourth-order valence-electron chi connectivity index (χ4n) is 2.39. The minimum absolute atomic E-state index is 0.0995. The first-order valence-corrected chi connectivity index (χ1v) is 6.90. The summed E-state index contributed by atoms with van der Waals surface area (Å²) in [5.41, 5.74) is 7.66. The smallest absolute Gasteiger partial charge is 0.156 e. The second-order valence-corrected chi connectivity index (χ2v) is 6.52. The topological polar surface area (TPSA) is 78.0 Å². The van der Waals surface area contributed by atoms with Crippen LogP contribution in [0.5, 0.6) is 0 Å². The van der Waals surface area contributed by atoms with Gasteiger partial charge < -0.3 is 10.3 Å². The summed E-state index contributed by atoms with van der Waals surface area (Å²) in [6.45, 7) is 0.715. The van der Waals surface area contributed by atoms with Crippen LogP contribution in [0.2, 0.25) is 0 Å². The Balaban J connectivity index is 2.10. The summed E-state index contributed by atoms with van der Waals surface area (Å²) in [5, 5.41) is 0. The average molecular weight is 227 g/mol. The lowest BCUT2D eigenvalue weighted by Gasteiger charge is -2.14. The summed E-state index contributed by atoms with van der Waals surface area (Å²) < 4.78 is 25.0. The van der Waals surface area contributed by atoms with Crippen molar-refractivity contribution in [1.29, 1.82) is 0 Å². The van der Waals surface area contributed by atoms with Crippen molar-refractivity contribution >= 4 is 9.84 Å². The molecule has 0 amide bonds. The standard InChI is InChI=1S/C9H13N3O2S/c10-6-3-9-11-7-1-2-15(13,14)5-8(7)12(9)4-6/h6H,1-5,10H2. The van der Waals surface area contributed by atoms with Crippen LogP contribution in [-0.4, -0.2) is 29.8 Å². The number of fused-ring (bicyclic) bond motifs is 3. The highest BCUT2D eigenvalue weighted by molar-refractivity contribution is 7.90. The van der Waals surface area contributed by atoms with Crippen LogP contribution in [0.25, 0.3) is 0 Å². The third-order valence-electron chi connectivity index (χ3n) is 3.10. The predicted molar refractivity (Wildman–Crippen MR) is 55.1 cm³/mol. The maximum Gasteiger partial charge on any atom is 0.156 e. The zero-order valence-corrected chi connectivity index (χ0v) is 9.13. The quantitative estimate of drug-likeness (QED) is 0.632. The molecule has 1 atom stereocenters. The van der Waals surface area contributed by atoms with E-state index >= 15 is 0 Å². The minimum atomic E-state index is -2.91. The van der Waals surface area contributed by atoms with Crippen LogP contribution in [0.3, 0.4) is 0 Å². The van der Waals surface area contributed by atoms with Crippen molar-refractivity contribution in [3.05, 3.63) is 17.2 Å². The molecule has 0 saturated heterocycles.